The maximum atomic E-state index is 10.9. The van der Waals surface area contributed by atoms with Gasteiger partial charge in [-0.1, -0.05) is 18.9 Å². The number of nitrogens with one attached hydrogen (secondary N) is 1. The fourth-order valence-electron chi connectivity index (χ4n) is 3.04. The van der Waals surface area contributed by atoms with Gasteiger partial charge in [-0.2, -0.15) is 0 Å². The van der Waals surface area contributed by atoms with Crippen LogP contribution in [0.1, 0.15) is 57.8 Å². The van der Waals surface area contributed by atoms with E-state index in [0.29, 0.717) is 6.10 Å². The number of hydrogen-bond acceptors (Lipinski definition) is 3. The fraction of sp³-hybridized carbons (Fsp3) is 0.833. The molecule has 5 nitrogen and oxygen atoms in total. The van der Waals surface area contributed by atoms with E-state index in [1.807, 2.05) is 6.08 Å². The topological polar surface area (TPSA) is 61.8 Å². The van der Waals surface area contributed by atoms with Crippen molar-refractivity contribution in [3.63, 3.8) is 0 Å². The van der Waals surface area contributed by atoms with E-state index in [1.54, 1.807) is 7.05 Å². The smallest absolute Gasteiger partial charge is 0.407 e. The zero-order valence-corrected chi connectivity index (χ0v) is 14.6. The third-order valence-electron chi connectivity index (χ3n) is 4.62. The highest BCUT2D eigenvalue weighted by atomic mass is 16.5. The van der Waals surface area contributed by atoms with Crippen molar-refractivity contribution in [2.24, 2.45) is 0 Å². The average molecular weight is 326 g/mol. The Balaban J connectivity index is 1.91. The van der Waals surface area contributed by atoms with Crippen LogP contribution in [0.15, 0.2) is 12.7 Å². The molecule has 1 amide bonds. The molecule has 23 heavy (non-hydrogen) atoms. The van der Waals surface area contributed by atoms with Crippen molar-refractivity contribution in [1.29, 1.82) is 0 Å². The lowest BCUT2D eigenvalue weighted by Crippen LogP contribution is -2.39. The summed E-state index contributed by atoms with van der Waals surface area (Å²) >= 11 is 0. The molecule has 1 fully saturated rings. The molecule has 5 heteroatoms. The summed E-state index contributed by atoms with van der Waals surface area (Å²) in [5.74, 6) is 0. The SMILES string of the molecule is C=CCCNCCCCCCO[C@H]1CC[C@H](N(C)C(=O)O)CC1. The van der Waals surface area contributed by atoms with Crippen LogP contribution in [0.5, 0.6) is 0 Å². The number of hydrogen-bond donors (Lipinski definition) is 2. The van der Waals surface area contributed by atoms with Gasteiger partial charge in [-0.3, -0.25) is 0 Å². The Labute approximate surface area is 141 Å². The van der Waals surface area contributed by atoms with Crippen molar-refractivity contribution in [2.75, 3.05) is 26.7 Å². The van der Waals surface area contributed by atoms with Gasteiger partial charge in [0.2, 0.25) is 0 Å². The number of nitrogens with zero attached hydrogens (tertiary/aromatic N) is 1. The van der Waals surface area contributed by atoms with Crippen LogP contribution in [0.2, 0.25) is 0 Å². The van der Waals surface area contributed by atoms with Gasteiger partial charge in [0.15, 0.2) is 0 Å². The standard InChI is InChI=1S/C18H34N2O3/c1-3-4-13-19-14-7-5-6-8-15-23-17-11-9-16(10-12-17)20(2)18(21)22/h3,16-17,19H,1,4-15H2,2H3,(H,21,22)/t16-,17-. The summed E-state index contributed by atoms with van der Waals surface area (Å²) in [5.41, 5.74) is 0. The molecule has 0 spiro atoms. The highest BCUT2D eigenvalue weighted by Gasteiger charge is 2.26. The van der Waals surface area contributed by atoms with Crippen molar-refractivity contribution in [2.45, 2.75) is 69.9 Å². The van der Waals surface area contributed by atoms with Crippen LogP contribution >= 0.6 is 0 Å². The summed E-state index contributed by atoms with van der Waals surface area (Å²) in [5, 5.41) is 12.4. The Hall–Kier alpha value is -1.07. The number of ether oxygens (including phenoxy) is 1. The predicted molar refractivity (Wildman–Crippen MR) is 93.9 cm³/mol. The molecular weight excluding hydrogens is 292 g/mol. The summed E-state index contributed by atoms with van der Waals surface area (Å²) in [6.45, 7) is 6.67. The first kappa shape index (κ1) is 20.0. The molecule has 1 saturated carbocycles. The van der Waals surface area contributed by atoms with Crippen LogP contribution in [0, 0.1) is 0 Å². The van der Waals surface area contributed by atoms with Crippen molar-refractivity contribution in [3.05, 3.63) is 12.7 Å². The van der Waals surface area contributed by atoms with Gasteiger partial charge < -0.3 is 20.1 Å². The van der Waals surface area contributed by atoms with Gasteiger partial charge in [-0.05, 0) is 58.0 Å². The molecule has 0 aromatic rings. The summed E-state index contributed by atoms with van der Waals surface area (Å²) in [6, 6.07) is 0.168. The van der Waals surface area contributed by atoms with E-state index in [1.165, 1.54) is 24.2 Å². The molecule has 2 N–H and O–H groups in total. The minimum atomic E-state index is -0.826. The van der Waals surface area contributed by atoms with E-state index in [2.05, 4.69) is 11.9 Å². The van der Waals surface area contributed by atoms with Crippen molar-refractivity contribution < 1.29 is 14.6 Å². The molecule has 0 heterocycles. The van der Waals surface area contributed by atoms with Gasteiger partial charge in [0, 0.05) is 19.7 Å². The van der Waals surface area contributed by atoms with Crippen LogP contribution in [-0.2, 0) is 4.74 Å². The lowest BCUT2D eigenvalue weighted by molar-refractivity contribution is 0.00998. The number of amides is 1. The lowest BCUT2D eigenvalue weighted by atomic mass is 9.92. The number of carboxylic acid groups (broad SMARTS) is 1. The normalized spacial score (nSPS) is 21.1. The van der Waals surface area contributed by atoms with Crippen LogP contribution in [0.3, 0.4) is 0 Å². The molecule has 0 atom stereocenters. The van der Waals surface area contributed by atoms with E-state index in [-0.39, 0.29) is 6.04 Å². The van der Waals surface area contributed by atoms with E-state index in [4.69, 9.17) is 9.84 Å². The molecule has 134 valence electrons. The number of carbonyl (C=O) groups is 1. The van der Waals surface area contributed by atoms with Crippen LogP contribution in [0.4, 0.5) is 4.79 Å². The second kappa shape index (κ2) is 12.4. The van der Waals surface area contributed by atoms with Gasteiger partial charge in [0.1, 0.15) is 0 Å². The lowest BCUT2D eigenvalue weighted by Gasteiger charge is -2.33. The average Bonchev–Trinajstić information content (AvgIpc) is 2.56. The summed E-state index contributed by atoms with van der Waals surface area (Å²) in [7, 11) is 1.67. The van der Waals surface area contributed by atoms with Crippen LogP contribution < -0.4 is 5.32 Å². The van der Waals surface area contributed by atoms with Crippen LogP contribution in [0.25, 0.3) is 0 Å². The third-order valence-corrected chi connectivity index (χ3v) is 4.62. The molecule has 1 aliphatic carbocycles. The summed E-state index contributed by atoms with van der Waals surface area (Å²) in [4.78, 5) is 12.4. The molecular formula is C18H34N2O3. The van der Waals surface area contributed by atoms with Crippen molar-refractivity contribution in [3.8, 4) is 0 Å². The zero-order valence-electron chi connectivity index (χ0n) is 14.6. The van der Waals surface area contributed by atoms with E-state index in [9.17, 15) is 4.79 Å². The Morgan fingerprint density at radius 3 is 2.57 bits per heavy atom. The second-order valence-electron chi connectivity index (χ2n) is 6.44. The number of unbranched alkanes of at least 4 members (excludes halogenated alkanes) is 3. The van der Waals surface area contributed by atoms with Gasteiger partial charge in [0.25, 0.3) is 0 Å². The third kappa shape index (κ3) is 8.96. The predicted octanol–water partition coefficient (Wildman–Crippen LogP) is 3.65. The van der Waals surface area contributed by atoms with Crippen molar-refractivity contribution in [1.82, 2.24) is 10.2 Å². The molecule has 0 aliphatic heterocycles. The summed E-state index contributed by atoms with van der Waals surface area (Å²) < 4.78 is 5.94. The summed E-state index contributed by atoms with van der Waals surface area (Å²) in [6.07, 6.45) is 11.1. The quantitative estimate of drug-likeness (QED) is 0.424. The Morgan fingerprint density at radius 1 is 1.22 bits per heavy atom. The number of rotatable bonds is 12. The fourth-order valence-corrected chi connectivity index (χ4v) is 3.04. The molecule has 0 aromatic carbocycles. The van der Waals surface area contributed by atoms with Gasteiger partial charge in [-0.15, -0.1) is 6.58 Å². The molecule has 0 bridgehead atoms. The Morgan fingerprint density at radius 2 is 1.91 bits per heavy atom. The molecule has 0 aromatic heterocycles. The Kier molecular flexibility index (Phi) is 10.7. The van der Waals surface area contributed by atoms with E-state index in [0.717, 1.165) is 58.2 Å². The highest BCUT2D eigenvalue weighted by Crippen LogP contribution is 2.24. The van der Waals surface area contributed by atoms with Gasteiger partial charge in [-0.25, -0.2) is 4.79 Å². The van der Waals surface area contributed by atoms with Gasteiger partial charge >= 0.3 is 6.09 Å². The Bertz CT molecular complexity index is 328. The minimum Gasteiger partial charge on any atom is -0.465 e. The molecule has 1 rings (SSSR count). The monoisotopic (exact) mass is 326 g/mol. The first-order chi connectivity index (χ1) is 11.1. The first-order valence-corrected chi connectivity index (χ1v) is 9.04. The van der Waals surface area contributed by atoms with Crippen LogP contribution in [-0.4, -0.2) is 55.0 Å². The first-order valence-electron chi connectivity index (χ1n) is 9.04. The van der Waals surface area contributed by atoms with E-state index >= 15 is 0 Å². The van der Waals surface area contributed by atoms with Crippen molar-refractivity contribution >= 4 is 6.09 Å². The minimum absolute atomic E-state index is 0.168. The molecule has 0 radical (unpaired) electrons. The highest BCUT2D eigenvalue weighted by molar-refractivity contribution is 5.64. The maximum absolute atomic E-state index is 10.9. The molecule has 1 aliphatic rings. The molecule has 0 unspecified atom stereocenters. The van der Waals surface area contributed by atoms with E-state index < -0.39 is 6.09 Å². The largest absolute Gasteiger partial charge is 0.465 e. The van der Waals surface area contributed by atoms with Gasteiger partial charge in [0.05, 0.1) is 6.10 Å². The maximum Gasteiger partial charge on any atom is 0.407 e. The zero-order chi connectivity index (χ0) is 16.9. The second-order valence-corrected chi connectivity index (χ2v) is 6.44. The molecule has 0 saturated heterocycles.